The quantitative estimate of drug-likeness (QED) is 0.116. The van der Waals surface area contributed by atoms with Crippen LogP contribution in [0.3, 0.4) is 0 Å². The minimum absolute atomic E-state index is 0.00714. The number of Topliss-reactive ketones (excluding diaryl/α,β-unsaturated/α-hetero) is 1. The van der Waals surface area contributed by atoms with Crippen molar-refractivity contribution in [1.29, 1.82) is 0 Å². The fourth-order valence-electron chi connectivity index (χ4n) is 5.69. The van der Waals surface area contributed by atoms with Crippen molar-refractivity contribution >= 4 is 5.78 Å². The van der Waals surface area contributed by atoms with Crippen molar-refractivity contribution in [3.8, 4) is 5.69 Å². The highest BCUT2D eigenvalue weighted by Crippen LogP contribution is 2.31. The van der Waals surface area contributed by atoms with Crippen LogP contribution in [0.2, 0.25) is 0 Å². The molecule has 4 aromatic carbocycles. The molecular weight excluding hydrogens is 622 g/mol. The molecule has 0 spiro atoms. The normalized spacial score (nSPS) is 20.7. The molecule has 2 heterocycles. The Hall–Kier alpha value is -4.55. The van der Waals surface area contributed by atoms with Crippen molar-refractivity contribution in [2.75, 3.05) is 13.7 Å². The van der Waals surface area contributed by atoms with Crippen molar-refractivity contribution in [1.82, 2.24) is 15.0 Å². The maximum Gasteiger partial charge on any atom is 0.186 e. The zero-order chi connectivity index (χ0) is 33.8. The summed E-state index contributed by atoms with van der Waals surface area (Å²) >= 11 is 0. The number of ketones is 1. The van der Waals surface area contributed by atoms with Crippen LogP contribution in [0.25, 0.3) is 5.69 Å². The average molecular weight is 664 g/mol. The Bertz CT molecular complexity index is 1720. The number of hydrogen-bond donors (Lipinski definition) is 0. The van der Waals surface area contributed by atoms with Gasteiger partial charge < -0.3 is 28.4 Å². The lowest BCUT2D eigenvalue weighted by molar-refractivity contribution is -0.323. The van der Waals surface area contributed by atoms with E-state index in [4.69, 9.17) is 28.4 Å². The molecule has 0 N–H and O–H groups in total. The first-order valence-corrected chi connectivity index (χ1v) is 16.3. The molecule has 1 fully saturated rings. The molecule has 1 aliphatic heterocycles. The smallest absolute Gasteiger partial charge is 0.186 e. The minimum atomic E-state index is -0.742. The van der Waals surface area contributed by atoms with Crippen molar-refractivity contribution in [2.24, 2.45) is 0 Å². The third-order valence-electron chi connectivity index (χ3n) is 8.29. The van der Waals surface area contributed by atoms with Gasteiger partial charge in [-0.3, -0.25) is 4.79 Å². The van der Waals surface area contributed by atoms with E-state index in [-0.39, 0.29) is 19.0 Å². The van der Waals surface area contributed by atoms with E-state index in [1.807, 2.05) is 103 Å². The van der Waals surface area contributed by atoms with E-state index in [0.717, 1.165) is 22.4 Å². The van der Waals surface area contributed by atoms with E-state index in [1.165, 1.54) is 6.92 Å². The summed E-state index contributed by atoms with van der Waals surface area (Å²) in [4.78, 5) is 11.7. The number of carbonyl (C=O) groups excluding carboxylic acids is 1. The van der Waals surface area contributed by atoms with Crippen LogP contribution in [-0.4, -0.2) is 65.2 Å². The number of benzene rings is 4. The first kappa shape index (κ1) is 34.3. The molecule has 10 heteroatoms. The van der Waals surface area contributed by atoms with Gasteiger partial charge in [0.2, 0.25) is 0 Å². The van der Waals surface area contributed by atoms with Gasteiger partial charge in [0, 0.05) is 12.7 Å². The van der Waals surface area contributed by atoms with E-state index in [0.29, 0.717) is 31.1 Å². The summed E-state index contributed by atoms with van der Waals surface area (Å²) in [6.07, 6.45) is -1.22. The fourth-order valence-corrected chi connectivity index (χ4v) is 5.69. The minimum Gasteiger partial charge on any atom is -0.372 e. The zero-order valence-electron chi connectivity index (χ0n) is 27.7. The van der Waals surface area contributed by atoms with Crippen LogP contribution in [0, 0.1) is 0 Å². The Kier molecular flexibility index (Phi) is 12.1. The van der Waals surface area contributed by atoms with E-state index in [2.05, 4.69) is 10.3 Å². The lowest BCUT2D eigenvalue weighted by Crippen LogP contribution is -2.61. The van der Waals surface area contributed by atoms with Crippen LogP contribution >= 0.6 is 0 Å². The highest BCUT2D eigenvalue weighted by atomic mass is 16.7. The van der Waals surface area contributed by atoms with Crippen molar-refractivity contribution in [2.45, 2.75) is 64.1 Å². The Labute approximate surface area is 286 Å². The lowest BCUT2D eigenvalue weighted by atomic mass is 9.97. The van der Waals surface area contributed by atoms with Gasteiger partial charge in [0.1, 0.15) is 30.1 Å². The van der Waals surface area contributed by atoms with Gasteiger partial charge in [0.05, 0.1) is 44.9 Å². The van der Waals surface area contributed by atoms with E-state index < -0.39 is 30.7 Å². The molecule has 0 aliphatic carbocycles. The predicted octanol–water partition coefficient (Wildman–Crippen LogP) is 6.11. The van der Waals surface area contributed by atoms with Crippen molar-refractivity contribution in [3.63, 3.8) is 0 Å². The second kappa shape index (κ2) is 17.2. The number of hydrogen-bond acceptors (Lipinski definition) is 9. The van der Waals surface area contributed by atoms with Crippen molar-refractivity contribution in [3.05, 3.63) is 149 Å². The summed E-state index contributed by atoms with van der Waals surface area (Å²) in [7, 11) is 1.60. The molecular formula is C39H41N3O7. The number of ether oxygens (including phenoxy) is 6. The molecule has 1 aliphatic rings. The molecule has 10 nitrogen and oxygen atoms in total. The van der Waals surface area contributed by atoms with Gasteiger partial charge in [-0.1, -0.05) is 96.2 Å². The summed E-state index contributed by atoms with van der Waals surface area (Å²) in [6.45, 7) is 2.95. The van der Waals surface area contributed by atoms with Crippen LogP contribution in [0.4, 0.5) is 0 Å². The second-order valence-corrected chi connectivity index (χ2v) is 11.8. The molecule has 49 heavy (non-hydrogen) atoms. The Morgan fingerprint density at radius 2 is 1.22 bits per heavy atom. The van der Waals surface area contributed by atoms with Gasteiger partial charge in [-0.2, -0.15) is 0 Å². The number of carbonyl (C=O) groups is 1. The zero-order valence-corrected chi connectivity index (χ0v) is 27.7. The molecule has 0 radical (unpaired) electrons. The molecule has 6 rings (SSSR count). The molecule has 1 aromatic heterocycles. The topological polar surface area (TPSA) is 103 Å². The standard InChI is InChI=1S/C39H41N3O7/c1-28(43)32-18-20-34(21-19-32)42-22-33(40-41-42)26-45-27-35-36(46-23-29-12-6-3-7-13-29)37(47-24-30-14-8-4-9-15-30)38(39(44-2)49-35)48-25-31-16-10-5-11-17-31/h3-22,35-39H,23-27H2,1-2H3/t35-,36-,37+,38-,39+/m1/s1. The highest BCUT2D eigenvalue weighted by Gasteiger charge is 2.48. The Balaban J connectivity index is 1.20. The maximum atomic E-state index is 11.7. The molecule has 0 bridgehead atoms. The Morgan fingerprint density at radius 1 is 0.694 bits per heavy atom. The lowest BCUT2D eigenvalue weighted by Gasteiger charge is -2.45. The molecule has 254 valence electrons. The van der Waals surface area contributed by atoms with E-state index in [9.17, 15) is 4.79 Å². The van der Waals surface area contributed by atoms with Gasteiger partial charge in [-0.15, -0.1) is 5.10 Å². The predicted molar refractivity (Wildman–Crippen MR) is 182 cm³/mol. The molecule has 5 atom stereocenters. The maximum absolute atomic E-state index is 11.7. The molecule has 0 saturated carbocycles. The first-order valence-electron chi connectivity index (χ1n) is 16.3. The summed E-state index contributed by atoms with van der Waals surface area (Å²) < 4.78 is 40.0. The van der Waals surface area contributed by atoms with Crippen LogP contribution < -0.4 is 0 Å². The third kappa shape index (κ3) is 9.33. The van der Waals surface area contributed by atoms with Crippen molar-refractivity contribution < 1.29 is 33.2 Å². The fraction of sp³-hybridized carbons (Fsp3) is 0.308. The number of methoxy groups -OCH3 is 1. The molecule has 0 amide bonds. The molecule has 1 saturated heterocycles. The highest BCUT2D eigenvalue weighted by molar-refractivity contribution is 5.94. The van der Waals surface area contributed by atoms with E-state index >= 15 is 0 Å². The van der Waals surface area contributed by atoms with Crippen LogP contribution in [0.15, 0.2) is 121 Å². The van der Waals surface area contributed by atoms with Crippen LogP contribution in [0.5, 0.6) is 0 Å². The summed E-state index contributed by atoms with van der Waals surface area (Å²) in [6, 6.07) is 37.2. The van der Waals surface area contributed by atoms with Crippen LogP contribution in [0.1, 0.15) is 39.7 Å². The van der Waals surface area contributed by atoms with E-state index in [1.54, 1.807) is 30.1 Å². The van der Waals surface area contributed by atoms with Gasteiger partial charge in [-0.25, -0.2) is 4.68 Å². The first-order chi connectivity index (χ1) is 24.1. The monoisotopic (exact) mass is 663 g/mol. The number of rotatable bonds is 16. The number of nitrogens with zero attached hydrogens (tertiary/aromatic N) is 3. The Morgan fingerprint density at radius 3 is 1.76 bits per heavy atom. The second-order valence-electron chi connectivity index (χ2n) is 11.8. The molecule has 0 unspecified atom stereocenters. The van der Waals surface area contributed by atoms with Gasteiger partial charge in [0.25, 0.3) is 0 Å². The summed E-state index contributed by atoms with van der Waals surface area (Å²) in [5.74, 6) is 0.00714. The van der Waals surface area contributed by atoms with Crippen LogP contribution in [-0.2, 0) is 54.8 Å². The van der Waals surface area contributed by atoms with Gasteiger partial charge in [0.15, 0.2) is 12.1 Å². The average Bonchev–Trinajstić information content (AvgIpc) is 3.63. The molecule has 5 aromatic rings. The van der Waals surface area contributed by atoms with Gasteiger partial charge >= 0.3 is 0 Å². The summed E-state index contributed by atoms with van der Waals surface area (Å²) in [5.41, 5.74) is 5.13. The largest absolute Gasteiger partial charge is 0.372 e. The summed E-state index contributed by atoms with van der Waals surface area (Å²) in [5, 5.41) is 8.52. The number of aromatic nitrogens is 3. The SMILES string of the molecule is CO[C@H]1O[C@H](COCc2cn(-c3ccc(C(C)=O)cc3)nn2)[C@@H](OCc2ccccc2)[C@H](OCc2ccccc2)[C@H]1OCc1ccccc1. The van der Waals surface area contributed by atoms with Gasteiger partial charge in [-0.05, 0) is 47.9 Å². The third-order valence-corrected chi connectivity index (χ3v) is 8.29.